The van der Waals surface area contributed by atoms with Gasteiger partial charge in [0.05, 0.1) is 0 Å². The Hall–Kier alpha value is -1.34. The van der Waals surface area contributed by atoms with E-state index < -0.39 is 0 Å². The molecule has 86 valence electrons. The number of nitrogens with two attached hydrogens (primary N) is 1. The van der Waals surface area contributed by atoms with Crippen LogP contribution in [0.3, 0.4) is 0 Å². The van der Waals surface area contributed by atoms with Crippen molar-refractivity contribution in [1.29, 1.82) is 0 Å². The number of aryl methyl sites for hydroxylation is 1. The number of hydrogen-bond acceptors (Lipinski definition) is 1. The van der Waals surface area contributed by atoms with Crippen LogP contribution in [0.1, 0.15) is 25.0 Å². The minimum Gasteiger partial charge on any atom is -0.327 e. The van der Waals surface area contributed by atoms with Gasteiger partial charge in [0.1, 0.15) is 0 Å². The van der Waals surface area contributed by atoms with Crippen molar-refractivity contribution in [2.45, 2.75) is 26.7 Å². The fourth-order valence-electron chi connectivity index (χ4n) is 1.54. The van der Waals surface area contributed by atoms with Gasteiger partial charge in [0.15, 0.2) is 0 Å². The third-order valence-corrected chi connectivity index (χ3v) is 2.72. The molecule has 0 fully saturated rings. The zero-order valence-corrected chi connectivity index (χ0v) is 10.2. The highest BCUT2D eigenvalue weighted by Gasteiger charge is 1.91. The lowest BCUT2D eigenvalue weighted by molar-refractivity contribution is 1.12. The summed E-state index contributed by atoms with van der Waals surface area (Å²) in [5.74, 6) is 0. The molecule has 0 amide bonds. The van der Waals surface area contributed by atoms with Crippen LogP contribution in [-0.2, 0) is 12.8 Å². The fourth-order valence-corrected chi connectivity index (χ4v) is 1.54. The van der Waals surface area contributed by atoms with Gasteiger partial charge in [-0.3, -0.25) is 0 Å². The Labute approximate surface area is 98.7 Å². The first-order valence-corrected chi connectivity index (χ1v) is 5.89. The average Bonchev–Trinajstić information content (AvgIpc) is 2.35. The van der Waals surface area contributed by atoms with Crippen molar-refractivity contribution in [3.05, 3.63) is 59.2 Å². The second-order valence-electron chi connectivity index (χ2n) is 3.84. The molecule has 0 unspecified atom stereocenters. The smallest absolute Gasteiger partial charge is 0.0174 e. The van der Waals surface area contributed by atoms with Crippen LogP contribution in [0.2, 0.25) is 0 Å². The summed E-state index contributed by atoms with van der Waals surface area (Å²) < 4.78 is 0. The Balaban J connectivity index is 2.54. The van der Waals surface area contributed by atoms with E-state index in [2.05, 4.69) is 49.4 Å². The Morgan fingerprint density at radius 3 is 2.31 bits per heavy atom. The maximum Gasteiger partial charge on any atom is 0.0174 e. The first-order valence-electron chi connectivity index (χ1n) is 5.89. The van der Waals surface area contributed by atoms with E-state index in [1.165, 1.54) is 16.7 Å². The van der Waals surface area contributed by atoms with Gasteiger partial charge in [-0.1, -0.05) is 49.4 Å². The normalized spacial score (nSPS) is 12.3. The van der Waals surface area contributed by atoms with Gasteiger partial charge in [-0.2, -0.15) is 0 Å². The molecule has 0 aliphatic rings. The fraction of sp³-hybridized carbons (Fsp3) is 0.333. The summed E-state index contributed by atoms with van der Waals surface area (Å²) in [4.78, 5) is 0. The molecule has 1 aromatic carbocycles. The molecule has 0 radical (unpaired) electrons. The van der Waals surface area contributed by atoms with Crippen LogP contribution in [0.15, 0.2) is 48.1 Å². The zero-order chi connectivity index (χ0) is 11.8. The molecule has 0 saturated carbocycles. The third-order valence-electron chi connectivity index (χ3n) is 2.72. The first kappa shape index (κ1) is 12.7. The van der Waals surface area contributed by atoms with E-state index >= 15 is 0 Å². The van der Waals surface area contributed by atoms with Crippen LogP contribution >= 0.6 is 0 Å². The molecule has 2 N–H and O–H groups in total. The molecule has 0 spiro atoms. The Bertz CT molecular complexity index is 358. The van der Waals surface area contributed by atoms with Gasteiger partial charge in [0.25, 0.3) is 0 Å². The van der Waals surface area contributed by atoms with Crippen LogP contribution in [0.25, 0.3) is 0 Å². The highest BCUT2D eigenvalue weighted by Crippen LogP contribution is 2.06. The second kappa shape index (κ2) is 7.02. The lowest BCUT2D eigenvalue weighted by atomic mass is 10.1. The van der Waals surface area contributed by atoms with Crippen LogP contribution in [0, 0.1) is 0 Å². The predicted molar refractivity (Wildman–Crippen MR) is 71.5 cm³/mol. The molecular weight excluding hydrogens is 194 g/mol. The highest BCUT2D eigenvalue weighted by atomic mass is 14.5. The molecule has 0 atom stereocenters. The lowest BCUT2D eigenvalue weighted by Gasteiger charge is -2.00. The molecule has 0 heterocycles. The molecule has 1 rings (SSSR count). The predicted octanol–water partition coefficient (Wildman–Crippen LogP) is 3.25. The number of hydrogen-bond donors (Lipinski definition) is 1. The Morgan fingerprint density at radius 2 is 1.81 bits per heavy atom. The van der Waals surface area contributed by atoms with E-state index in [0.29, 0.717) is 6.54 Å². The summed E-state index contributed by atoms with van der Waals surface area (Å²) >= 11 is 0. The molecule has 0 aliphatic carbocycles. The van der Waals surface area contributed by atoms with Gasteiger partial charge in [-0.15, -0.1) is 0 Å². The van der Waals surface area contributed by atoms with Crippen LogP contribution < -0.4 is 5.73 Å². The maximum absolute atomic E-state index is 5.58. The lowest BCUT2D eigenvalue weighted by Crippen LogP contribution is -2.00. The van der Waals surface area contributed by atoms with Gasteiger partial charge in [0, 0.05) is 6.54 Å². The van der Waals surface area contributed by atoms with Crippen LogP contribution in [-0.4, -0.2) is 6.54 Å². The molecule has 1 aromatic rings. The van der Waals surface area contributed by atoms with Crippen LogP contribution in [0.5, 0.6) is 0 Å². The second-order valence-corrected chi connectivity index (χ2v) is 3.84. The summed E-state index contributed by atoms with van der Waals surface area (Å²) in [5.41, 5.74) is 9.51. The van der Waals surface area contributed by atoms with Crippen molar-refractivity contribution in [2.75, 3.05) is 6.54 Å². The summed E-state index contributed by atoms with van der Waals surface area (Å²) in [6.07, 6.45) is 8.40. The molecule has 16 heavy (non-hydrogen) atoms. The minimum atomic E-state index is 0.613. The minimum absolute atomic E-state index is 0.613. The molecule has 0 aliphatic heterocycles. The van der Waals surface area contributed by atoms with Crippen molar-refractivity contribution in [3.8, 4) is 0 Å². The quantitative estimate of drug-likeness (QED) is 0.750. The molecule has 0 bridgehead atoms. The van der Waals surface area contributed by atoms with E-state index in [-0.39, 0.29) is 0 Å². The molecule has 0 saturated heterocycles. The molecular formula is C15H21N. The summed E-state index contributed by atoms with van der Waals surface area (Å²) in [7, 11) is 0. The third kappa shape index (κ3) is 4.03. The monoisotopic (exact) mass is 215 g/mol. The van der Waals surface area contributed by atoms with Crippen molar-refractivity contribution in [1.82, 2.24) is 0 Å². The molecule has 0 aromatic heterocycles. The van der Waals surface area contributed by atoms with Gasteiger partial charge in [0.2, 0.25) is 0 Å². The first-order chi connectivity index (χ1) is 7.80. The van der Waals surface area contributed by atoms with E-state index in [1.807, 2.05) is 6.92 Å². The number of rotatable bonds is 5. The van der Waals surface area contributed by atoms with Gasteiger partial charge in [-0.25, -0.2) is 0 Å². The topological polar surface area (TPSA) is 26.0 Å². The standard InChI is InChI=1S/C15H21N/c1-3-13-8-10-15(11-9-13)7-5-6-14(4-2)12-16/h4-6,8-11H,3,7,12,16H2,1-2H3/b6-5-,14-4+. The zero-order valence-electron chi connectivity index (χ0n) is 10.2. The van der Waals surface area contributed by atoms with Crippen molar-refractivity contribution in [3.63, 3.8) is 0 Å². The number of benzene rings is 1. The summed E-state index contributed by atoms with van der Waals surface area (Å²) in [5, 5.41) is 0. The van der Waals surface area contributed by atoms with E-state index in [1.54, 1.807) is 0 Å². The van der Waals surface area contributed by atoms with E-state index in [9.17, 15) is 0 Å². The van der Waals surface area contributed by atoms with Crippen molar-refractivity contribution < 1.29 is 0 Å². The summed E-state index contributed by atoms with van der Waals surface area (Å²) in [6, 6.07) is 8.78. The number of allylic oxidation sites excluding steroid dienone is 2. The van der Waals surface area contributed by atoms with Gasteiger partial charge in [-0.05, 0) is 36.5 Å². The van der Waals surface area contributed by atoms with E-state index in [0.717, 1.165) is 12.8 Å². The molecule has 1 heteroatoms. The largest absolute Gasteiger partial charge is 0.327 e. The summed E-state index contributed by atoms with van der Waals surface area (Å²) in [6.45, 7) is 4.80. The highest BCUT2D eigenvalue weighted by molar-refractivity contribution is 5.26. The van der Waals surface area contributed by atoms with E-state index in [4.69, 9.17) is 5.73 Å². The SMILES string of the molecule is C/C=C(\C=C/Cc1ccc(CC)cc1)CN. The average molecular weight is 215 g/mol. The Morgan fingerprint density at radius 1 is 1.19 bits per heavy atom. The molecule has 1 nitrogen and oxygen atoms in total. The van der Waals surface area contributed by atoms with Gasteiger partial charge >= 0.3 is 0 Å². The van der Waals surface area contributed by atoms with Crippen molar-refractivity contribution >= 4 is 0 Å². The Kier molecular flexibility index (Phi) is 5.58. The maximum atomic E-state index is 5.58. The van der Waals surface area contributed by atoms with Gasteiger partial charge < -0.3 is 5.73 Å². The van der Waals surface area contributed by atoms with Crippen molar-refractivity contribution in [2.24, 2.45) is 5.73 Å². The van der Waals surface area contributed by atoms with Crippen LogP contribution in [0.4, 0.5) is 0 Å².